The lowest BCUT2D eigenvalue weighted by Crippen LogP contribution is -2.37. The number of anilines is 2. The quantitative estimate of drug-likeness (QED) is 0.303. The van der Waals surface area contributed by atoms with E-state index >= 15 is 0 Å². The van der Waals surface area contributed by atoms with Crippen LogP contribution in [0.2, 0.25) is 0 Å². The molecule has 1 aliphatic carbocycles. The van der Waals surface area contributed by atoms with E-state index in [9.17, 15) is 13.2 Å². The molecule has 194 valence electrons. The van der Waals surface area contributed by atoms with Gasteiger partial charge in [-0.25, -0.2) is 4.98 Å². The highest BCUT2D eigenvalue weighted by atomic mass is 79.9. The summed E-state index contributed by atoms with van der Waals surface area (Å²) in [7, 11) is 0. The van der Waals surface area contributed by atoms with Gasteiger partial charge in [0.1, 0.15) is 11.6 Å². The van der Waals surface area contributed by atoms with Crippen molar-refractivity contribution < 1.29 is 17.9 Å². The van der Waals surface area contributed by atoms with Crippen LogP contribution >= 0.6 is 15.9 Å². The predicted molar refractivity (Wildman–Crippen MR) is 140 cm³/mol. The summed E-state index contributed by atoms with van der Waals surface area (Å²) in [5, 5.41) is 7.97. The Bertz CT molecular complexity index is 1160. The topological polar surface area (TPSA) is 62.3 Å². The minimum absolute atomic E-state index is 0.183. The molecule has 36 heavy (non-hydrogen) atoms. The zero-order chi connectivity index (χ0) is 25.7. The van der Waals surface area contributed by atoms with Crippen molar-refractivity contribution in [2.75, 3.05) is 23.3 Å². The normalized spacial score (nSPS) is 18.3. The maximum atomic E-state index is 12.8. The van der Waals surface area contributed by atoms with E-state index in [2.05, 4.69) is 56.1 Å². The van der Waals surface area contributed by atoms with Crippen LogP contribution in [0, 0.1) is 0 Å². The van der Waals surface area contributed by atoms with Gasteiger partial charge in [-0.3, -0.25) is 0 Å². The number of benzene rings is 2. The number of nitrogens with one attached hydrogen (secondary N) is 2. The summed E-state index contributed by atoms with van der Waals surface area (Å²) >= 11 is 3.21. The highest BCUT2D eigenvalue weighted by Gasteiger charge is 2.32. The molecule has 0 aliphatic heterocycles. The number of rotatable bonds is 9. The summed E-state index contributed by atoms with van der Waals surface area (Å²) in [4.78, 5) is 11.8. The van der Waals surface area contributed by atoms with Crippen LogP contribution in [-0.4, -0.2) is 41.5 Å². The highest BCUT2D eigenvalue weighted by Crippen LogP contribution is 2.31. The SMILES string of the molecule is CCN(CC)c1nc(N[C@H]2CC[C@@H](NCc3ccc(Br)cc3OC(F)(F)F)CC2)nc2ccccc12. The second kappa shape index (κ2) is 11.6. The van der Waals surface area contributed by atoms with Crippen molar-refractivity contribution in [1.82, 2.24) is 15.3 Å². The first-order chi connectivity index (χ1) is 17.3. The van der Waals surface area contributed by atoms with E-state index in [0.29, 0.717) is 22.5 Å². The lowest BCUT2D eigenvalue weighted by atomic mass is 9.91. The van der Waals surface area contributed by atoms with Crippen molar-refractivity contribution in [3.63, 3.8) is 0 Å². The van der Waals surface area contributed by atoms with Crippen LogP contribution in [0.25, 0.3) is 10.9 Å². The minimum Gasteiger partial charge on any atom is -0.405 e. The molecule has 0 atom stereocenters. The summed E-state index contributed by atoms with van der Waals surface area (Å²) in [5.74, 6) is 1.39. The molecule has 1 heterocycles. The smallest absolute Gasteiger partial charge is 0.405 e. The molecule has 0 bridgehead atoms. The molecule has 4 rings (SSSR count). The Morgan fingerprint density at radius 2 is 1.69 bits per heavy atom. The second-order valence-electron chi connectivity index (χ2n) is 8.93. The van der Waals surface area contributed by atoms with Crippen LogP contribution in [0.1, 0.15) is 45.1 Å². The van der Waals surface area contributed by atoms with Gasteiger partial charge >= 0.3 is 6.36 Å². The minimum atomic E-state index is -4.73. The van der Waals surface area contributed by atoms with Crippen LogP contribution < -0.4 is 20.3 Å². The fourth-order valence-electron chi connectivity index (χ4n) is 4.66. The van der Waals surface area contributed by atoms with E-state index in [1.165, 1.54) is 6.07 Å². The van der Waals surface area contributed by atoms with Gasteiger partial charge in [0.15, 0.2) is 0 Å². The third-order valence-corrected chi connectivity index (χ3v) is 7.04. The lowest BCUT2D eigenvalue weighted by molar-refractivity contribution is -0.274. The Hall–Kier alpha value is -2.59. The Morgan fingerprint density at radius 1 is 1.00 bits per heavy atom. The Morgan fingerprint density at radius 3 is 2.39 bits per heavy atom. The van der Waals surface area contributed by atoms with Crippen molar-refractivity contribution in [2.45, 2.75) is 64.5 Å². The Labute approximate surface area is 217 Å². The fraction of sp³-hybridized carbons (Fsp3) is 0.462. The molecule has 1 saturated carbocycles. The van der Waals surface area contributed by atoms with Crippen molar-refractivity contribution in [3.05, 3.63) is 52.5 Å². The molecule has 0 saturated heterocycles. The van der Waals surface area contributed by atoms with Gasteiger partial charge in [-0.15, -0.1) is 13.2 Å². The number of para-hydroxylation sites is 1. The predicted octanol–water partition coefficient (Wildman–Crippen LogP) is 6.65. The van der Waals surface area contributed by atoms with Gasteiger partial charge < -0.3 is 20.3 Å². The van der Waals surface area contributed by atoms with E-state index in [1.807, 2.05) is 18.2 Å². The first kappa shape index (κ1) is 26.5. The molecule has 6 nitrogen and oxygen atoms in total. The first-order valence-corrected chi connectivity index (χ1v) is 13.1. The van der Waals surface area contributed by atoms with Crippen molar-refractivity contribution in [2.24, 2.45) is 0 Å². The summed E-state index contributed by atoms with van der Waals surface area (Å²) in [6.07, 6.45) is -1.09. The number of nitrogens with zero attached hydrogens (tertiary/aromatic N) is 3. The molecule has 0 amide bonds. The molecule has 3 aromatic rings. The van der Waals surface area contributed by atoms with Crippen LogP contribution in [-0.2, 0) is 6.54 Å². The van der Waals surface area contributed by atoms with Gasteiger partial charge in [0.25, 0.3) is 0 Å². The summed E-state index contributed by atoms with van der Waals surface area (Å²) < 4.78 is 43.1. The molecule has 0 spiro atoms. The average molecular weight is 566 g/mol. The van der Waals surface area contributed by atoms with Crippen LogP contribution in [0.15, 0.2) is 46.9 Å². The molecular formula is C26H31BrF3N5O. The Kier molecular flexibility index (Phi) is 8.56. The van der Waals surface area contributed by atoms with Gasteiger partial charge in [-0.2, -0.15) is 4.98 Å². The van der Waals surface area contributed by atoms with Crippen LogP contribution in [0.5, 0.6) is 5.75 Å². The maximum Gasteiger partial charge on any atom is 0.573 e. The number of hydrogen-bond acceptors (Lipinski definition) is 6. The largest absolute Gasteiger partial charge is 0.573 e. The van der Waals surface area contributed by atoms with E-state index in [4.69, 9.17) is 9.97 Å². The summed E-state index contributed by atoms with van der Waals surface area (Å²) in [5.41, 5.74) is 1.39. The third kappa shape index (κ3) is 6.79. The molecule has 0 unspecified atom stereocenters. The highest BCUT2D eigenvalue weighted by molar-refractivity contribution is 9.10. The van der Waals surface area contributed by atoms with Gasteiger partial charge in [0, 0.05) is 47.1 Å². The summed E-state index contributed by atoms with van der Waals surface area (Å²) in [6, 6.07) is 13.2. The number of hydrogen-bond donors (Lipinski definition) is 2. The molecule has 2 N–H and O–H groups in total. The molecule has 10 heteroatoms. The molecule has 1 aliphatic rings. The van der Waals surface area contributed by atoms with Gasteiger partial charge in [0.05, 0.1) is 5.52 Å². The monoisotopic (exact) mass is 565 g/mol. The molecular weight excluding hydrogens is 535 g/mol. The third-order valence-electron chi connectivity index (χ3n) is 6.54. The van der Waals surface area contributed by atoms with Crippen molar-refractivity contribution in [3.8, 4) is 5.75 Å². The zero-order valence-electron chi connectivity index (χ0n) is 20.4. The number of fused-ring (bicyclic) bond motifs is 1. The van der Waals surface area contributed by atoms with E-state index in [-0.39, 0.29) is 17.8 Å². The van der Waals surface area contributed by atoms with Crippen molar-refractivity contribution in [1.29, 1.82) is 0 Å². The van der Waals surface area contributed by atoms with Gasteiger partial charge in [-0.1, -0.05) is 34.1 Å². The number of ether oxygens (including phenoxy) is 1. The zero-order valence-corrected chi connectivity index (χ0v) is 22.0. The molecule has 2 aromatic carbocycles. The van der Waals surface area contributed by atoms with E-state index in [0.717, 1.165) is 55.5 Å². The average Bonchev–Trinajstić information content (AvgIpc) is 2.84. The molecule has 0 radical (unpaired) electrons. The number of aromatic nitrogens is 2. The van der Waals surface area contributed by atoms with Gasteiger partial charge in [-0.05, 0) is 63.8 Å². The van der Waals surface area contributed by atoms with Crippen LogP contribution in [0.3, 0.4) is 0 Å². The number of alkyl halides is 3. The lowest BCUT2D eigenvalue weighted by Gasteiger charge is -2.30. The number of halogens is 4. The van der Waals surface area contributed by atoms with Crippen LogP contribution in [0.4, 0.5) is 24.9 Å². The second-order valence-corrected chi connectivity index (χ2v) is 9.85. The standard InChI is InChI=1S/C26H31BrF3N5O/c1-3-35(4-2)24-21-7-5-6-8-22(21)33-25(34-24)32-20-13-11-19(12-14-20)31-16-17-9-10-18(27)15-23(17)36-26(28,29)30/h5-10,15,19-20,31H,3-4,11-14,16H2,1-2H3,(H,32,33,34)/t19-,20+. The molecule has 1 fully saturated rings. The maximum absolute atomic E-state index is 12.8. The van der Waals surface area contributed by atoms with E-state index < -0.39 is 6.36 Å². The van der Waals surface area contributed by atoms with E-state index in [1.54, 1.807) is 12.1 Å². The Balaban J connectivity index is 1.36. The molecule has 1 aromatic heterocycles. The fourth-order valence-corrected chi connectivity index (χ4v) is 5.00. The first-order valence-electron chi connectivity index (χ1n) is 12.3. The van der Waals surface area contributed by atoms with Crippen molar-refractivity contribution >= 4 is 38.6 Å². The van der Waals surface area contributed by atoms with Gasteiger partial charge in [0.2, 0.25) is 5.95 Å². The summed E-state index contributed by atoms with van der Waals surface area (Å²) in [6.45, 7) is 6.27.